The first-order valence-electron chi connectivity index (χ1n) is 6.83. The minimum Gasteiger partial charge on any atom is -0.473 e. The Kier molecular flexibility index (Phi) is 5.43. The third-order valence-corrected chi connectivity index (χ3v) is 3.76. The molecule has 0 amide bonds. The number of halogens is 1. The topological polar surface area (TPSA) is 43.4 Å². The second kappa shape index (κ2) is 7.08. The highest BCUT2D eigenvalue weighted by molar-refractivity contribution is 5.85. The van der Waals surface area contributed by atoms with Gasteiger partial charge in [-0.05, 0) is 37.8 Å². The summed E-state index contributed by atoms with van der Waals surface area (Å²) in [7, 11) is 0. The first kappa shape index (κ1) is 14.6. The first-order valence-corrected chi connectivity index (χ1v) is 6.83. The van der Waals surface area contributed by atoms with Crippen LogP contribution in [0.3, 0.4) is 0 Å². The number of hydrogen-bond acceptors (Lipinski definition) is 4. The fourth-order valence-corrected chi connectivity index (χ4v) is 2.71. The summed E-state index contributed by atoms with van der Waals surface area (Å²) < 4.78 is 11.5. The van der Waals surface area contributed by atoms with E-state index < -0.39 is 0 Å². The van der Waals surface area contributed by atoms with Crippen molar-refractivity contribution < 1.29 is 9.47 Å². The van der Waals surface area contributed by atoms with Gasteiger partial charge in [-0.1, -0.05) is 6.07 Å². The largest absolute Gasteiger partial charge is 0.473 e. The van der Waals surface area contributed by atoms with Gasteiger partial charge >= 0.3 is 0 Å². The molecule has 106 valence electrons. The summed E-state index contributed by atoms with van der Waals surface area (Å²) >= 11 is 0. The van der Waals surface area contributed by atoms with Gasteiger partial charge in [0, 0.05) is 31.5 Å². The number of aromatic nitrogens is 1. The predicted molar refractivity (Wildman–Crippen MR) is 76.2 cm³/mol. The molecule has 5 heteroatoms. The second-order valence-corrected chi connectivity index (χ2v) is 5.02. The highest BCUT2D eigenvalue weighted by Crippen LogP contribution is 2.32. The van der Waals surface area contributed by atoms with Crippen molar-refractivity contribution in [1.29, 1.82) is 0 Å². The summed E-state index contributed by atoms with van der Waals surface area (Å²) in [6.45, 7) is 3.68. The van der Waals surface area contributed by atoms with Crippen LogP contribution in [-0.4, -0.2) is 37.4 Å². The Bertz CT molecular complexity index is 391. The number of ether oxygens (including phenoxy) is 2. The number of nitrogens with one attached hydrogen (secondary N) is 1. The molecule has 0 saturated carbocycles. The lowest BCUT2D eigenvalue weighted by molar-refractivity contribution is 0.0839. The van der Waals surface area contributed by atoms with Gasteiger partial charge in [-0.3, -0.25) is 0 Å². The summed E-state index contributed by atoms with van der Waals surface area (Å²) in [5.74, 6) is 1.37. The van der Waals surface area contributed by atoms with Crippen molar-refractivity contribution in [3.63, 3.8) is 0 Å². The van der Waals surface area contributed by atoms with E-state index in [2.05, 4.69) is 16.4 Å². The molecule has 0 aliphatic carbocycles. The molecule has 0 spiro atoms. The van der Waals surface area contributed by atoms with Gasteiger partial charge in [-0.25, -0.2) is 4.98 Å². The smallest absolute Gasteiger partial charge is 0.217 e. The molecular formula is C14H21ClN2O2. The van der Waals surface area contributed by atoms with Gasteiger partial charge in [0.1, 0.15) is 6.10 Å². The Balaban J connectivity index is 0.00000133. The zero-order valence-electron chi connectivity index (χ0n) is 11.0. The molecule has 0 aromatic carbocycles. The zero-order valence-corrected chi connectivity index (χ0v) is 11.8. The van der Waals surface area contributed by atoms with E-state index in [4.69, 9.17) is 9.47 Å². The van der Waals surface area contributed by atoms with Crippen LogP contribution in [0.1, 0.15) is 30.7 Å². The van der Waals surface area contributed by atoms with E-state index in [9.17, 15) is 0 Å². The average molecular weight is 285 g/mol. The highest BCUT2D eigenvalue weighted by Gasteiger charge is 2.23. The van der Waals surface area contributed by atoms with Crippen LogP contribution in [0.4, 0.5) is 0 Å². The van der Waals surface area contributed by atoms with Crippen LogP contribution in [0.25, 0.3) is 0 Å². The van der Waals surface area contributed by atoms with Gasteiger partial charge in [0.05, 0.1) is 0 Å². The van der Waals surface area contributed by atoms with Crippen molar-refractivity contribution >= 4 is 12.4 Å². The number of hydrogen-bond donors (Lipinski definition) is 1. The van der Waals surface area contributed by atoms with Gasteiger partial charge < -0.3 is 14.8 Å². The molecule has 2 aliphatic heterocycles. The van der Waals surface area contributed by atoms with Crippen LogP contribution >= 0.6 is 12.4 Å². The van der Waals surface area contributed by atoms with E-state index in [1.54, 1.807) is 0 Å². The fourth-order valence-electron chi connectivity index (χ4n) is 2.71. The molecular weight excluding hydrogens is 264 g/mol. The van der Waals surface area contributed by atoms with E-state index >= 15 is 0 Å². The van der Waals surface area contributed by atoms with Crippen LogP contribution in [-0.2, 0) is 4.74 Å². The van der Waals surface area contributed by atoms with E-state index in [0.29, 0.717) is 5.92 Å². The van der Waals surface area contributed by atoms with Gasteiger partial charge in [-0.15, -0.1) is 12.4 Å². The Hall–Kier alpha value is -0.840. The number of pyridine rings is 1. The lowest BCUT2D eigenvalue weighted by Gasteiger charge is -2.24. The summed E-state index contributed by atoms with van der Waals surface area (Å²) in [6, 6.07) is 4.16. The fraction of sp³-hybridized carbons (Fsp3) is 0.643. The maximum absolute atomic E-state index is 6.05. The zero-order chi connectivity index (χ0) is 12.2. The molecule has 2 saturated heterocycles. The molecule has 4 nitrogen and oxygen atoms in total. The van der Waals surface area contributed by atoms with Crippen molar-refractivity contribution in [3.8, 4) is 5.88 Å². The molecule has 0 radical (unpaired) electrons. The van der Waals surface area contributed by atoms with Gasteiger partial charge in [0.25, 0.3) is 0 Å². The minimum absolute atomic E-state index is 0. The normalized spacial score (nSPS) is 23.9. The van der Waals surface area contributed by atoms with Gasteiger partial charge in [0.15, 0.2) is 0 Å². The molecule has 1 atom stereocenters. The van der Waals surface area contributed by atoms with Crippen molar-refractivity contribution in [2.45, 2.75) is 31.3 Å². The first-order chi connectivity index (χ1) is 8.93. The number of rotatable bonds is 3. The lowest BCUT2D eigenvalue weighted by Crippen LogP contribution is -2.22. The molecule has 3 heterocycles. The summed E-state index contributed by atoms with van der Waals surface area (Å²) in [5.41, 5.74) is 1.26. The number of nitrogens with zero attached hydrogens (tertiary/aromatic N) is 1. The van der Waals surface area contributed by atoms with E-state index in [0.717, 1.165) is 51.4 Å². The maximum Gasteiger partial charge on any atom is 0.217 e. The predicted octanol–water partition coefficient (Wildman–Crippen LogP) is 2.14. The Morgan fingerprint density at radius 1 is 1.26 bits per heavy atom. The third-order valence-electron chi connectivity index (χ3n) is 3.76. The monoisotopic (exact) mass is 284 g/mol. The second-order valence-electron chi connectivity index (χ2n) is 5.02. The standard InChI is InChI=1S/C14H20N2O2.ClH/c1-2-13(11-4-8-17-9-5-11)14(16-6-1)18-12-3-7-15-10-12;/h1-2,6,11-12,15H,3-5,7-10H2;1H/t12-;/m0./s1. The molecule has 1 N–H and O–H groups in total. The molecule has 0 unspecified atom stereocenters. The Morgan fingerprint density at radius 2 is 2.11 bits per heavy atom. The van der Waals surface area contributed by atoms with E-state index in [-0.39, 0.29) is 18.5 Å². The van der Waals surface area contributed by atoms with Gasteiger partial charge in [0.2, 0.25) is 5.88 Å². The van der Waals surface area contributed by atoms with Crippen LogP contribution in [0.5, 0.6) is 5.88 Å². The molecule has 2 fully saturated rings. The maximum atomic E-state index is 6.05. The molecule has 1 aromatic heterocycles. The quantitative estimate of drug-likeness (QED) is 0.924. The van der Waals surface area contributed by atoms with Crippen molar-refractivity contribution in [2.75, 3.05) is 26.3 Å². The van der Waals surface area contributed by atoms with Crippen molar-refractivity contribution in [3.05, 3.63) is 23.9 Å². The van der Waals surface area contributed by atoms with E-state index in [1.165, 1.54) is 5.56 Å². The third kappa shape index (κ3) is 3.59. The molecule has 1 aromatic rings. The van der Waals surface area contributed by atoms with Crippen molar-refractivity contribution in [2.24, 2.45) is 0 Å². The molecule has 19 heavy (non-hydrogen) atoms. The Labute approximate surface area is 120 Å². The molecule has 0 bridgehead atoms. The van der Waals surface area contributed by atoms with Crippen LogP contribution < -0.4 is 10.1 Å². The van der Waals surface area contributed by atoms with Crippen molar-refractivity contribution in [1.82, 2.24) is 10.3 Å². The average Bonchev–Trinajstić information content (AvgIpc) is 2.93. The summed E-state index contributed by atoms with van der Waals surface area (Å²) in [6.07, 6.45) is 5.32. The van der Waals surface area contributed by atoms with E-state index in [1.807, 2.05) is 12.3 Å². The SMILES string of the molecule is Cl.c1cnc(O[C@H]2CCNC2)c(C2CCOCC2)c1. The molecule has 3 rings (SSSR count). The van der Waals surface area contributed by atoms with Crippen LogP contribution in [0, 0.1) is 0 Å². The molecule has 2 aliphatic rings. The summed E-state index contributed by atoms with van der Waals surface area (Å²) in [5, 5.41) is 3.32. The van der Waals surface area contributed by atoms with Crippen LogP contribution in [0.2, 0.25) is 0 Å². The lowest BCUT2D eigenvalue weighted by atomic mass is 9.92. The highest BCUT2D eigenvalue weighted by atomic mass is 35.5. The van der Waals surface area contributed by atoms with Crippen LogP contribution in [0.15, 0.2) is 18.3 Å². The summed E-state index contributed by atoms with van der Waals surface area (Å²) in [4.78, 5) is 4.43. The van der Waals surface area contributed by atoms with Gasteiger partial charge in [-0.2, -0.15) is 0 Å². The minimum atomic E-state index is 0. The Morgan fingerprint density at radius 3 is 2.84 bits per heavy atom.